The van der Waals surface area contributed by atoms with E-state index in [0.717, 1.165) is 12.8 Å². The lowest BCUT2D eigenvalue weighted by Crippen LogP contribution is -2.05. The van der Waals surface area contributed by atoms with Gasteiger partial charge in [0.25, 0.3) is 0 Å². The van der Waals surface area contributed by atoms with Crippen LogP contribution in [-0.2, 0) is 9.53 Å². The molecule has 0 unspecified atom stereocenters. The van der Waals surface area contributed by atoms with E-state index >= 15 is 0 Å². The summed E-state index contributed by atoms with van der Waals surface area (Å²) in [5, 5.41) is 8.74. The Bertz CT molecular complexity index is 194. The first-order valence-corrected chi connectivity index (χ1v) is 4.69. The van der Waals surface area contributed by atoms with Crippen LogP contribution < -0.4 is 0 Å². The van der Waals surface area contributed by atoms with Crippen LogP contribution in [0.25, 0.3) is 0 Å². The minimum atomic E-state index is -0.889. The van der Waals surface area contributed by atoms with Gasteiger partial charge in [-0.1, -0.05) is 13.8 Å². The smallest absolute Gasteiger partial charge is 0.334 e. The number of carbonyl (C=O) groups is 1. The molecular weight excluding hydrogens is 168 g/mol. The molecule has 0 aliphatic rings. The third-order valence-corrected chi connectivity index (χ3v) is 1.70. The predicted octanol–water partition coefficient (Wildman–Crippen LogP) is 2.57. The predicted molar refractivity (Wildman–Crippen MR) is 51.5 cm³/mol. The van der Waals surface area contributed by atoms with E-state index in [1.54, 1.807) is 6.92 Å². The molecule has 0 aliphatic carbocycles. The van der Waals surface area contributed by atoms with Crippen molar-refractivity contribution in [2.24, 2.45) is 0 Å². The molecular formula is C10H18O3. The third-order valence-electron chi connectivity index (χ3n) is 1.70. The van der Waals surface area contributed by atoms with E-state index in [9.17, 15) is 4.79 Å². The highest BCUT2D eigenvalue weighted by atomic mass is 16.5. The molecule has 0 spiro atoms. The maximum Gasteiger partial charge on any atom is 0.334 e. The zero-order chi connectivity index (χ0) is 10.3. The van der Waals surface area contributed by atoms with Crippen molar-refractivity contribution in [2.45, 2.75) is 40.0 Å². The van der Waals surface area contributed by atoms with Gasteiger partial charge in [-0.05, 0) is 19.8 Å². The lowest BCUT2D eigenvalue weighted by Gasteiger charge is -2.10. The van der Waals surface area contributed by atoms with Crippen LogP contribution in [0.3, 0.4) is 0 Å². The second-order valence-corrected chi connectivity index (χ2v) is 2.95. The van der Waals surface area contributed by atoms with Crippen molar-refractivity contribution in [3.05, 3.63) is 11.3 Å². The van der Waals surface area contributed by atoms with Crippen molar-refractivity contribution in [3.8, 4) is 0 Å². The highest BCUT2D eigenvalue weighted by molar-refractivity contribution is 5.86. The molecule has 3 heteroatoms. The Hall–Kier alpha value is -0.990. The van der Waals surface area contributed by atoms with Gasteiger partial charge in [-0.3, -0.25) is 0 Å². The summed E-state index contributed by atoms with van der Waals surface area (Å²) in [7, 11) is 0. The van der Waals surface area contributed by atoms with Gasteiger partial charge < -0.3 is 9.84 Å². The maximum atomic E-state index is 10.6. The number of aliphatic carboxylic acids is 1. The minimum absolute atomic E-state index is 0.329. The van der Waals surface area contributed by atoms with E-state index in [0.29, 0.717) is 24.4 Å². The number of carboxylic acid groups (broad SMARTS) is 1. The first-order chi connectivity index (χ1) is 6.13. The number of carboxylic acids is 1. The van der Waals surface area contributed by atoms with Gasteiger partial charge in [-0.25, -0.2) is 4.79 Å². The Morgan fingerprint density at radius 3 is 2.31 bits per heavy atom. The number of hydrogen-bond donors (Lipinski definition) is 1. The Labute approximate surface area is 79.4 Å². The van der Waals surface area contributed by atoms with Gasteiger partial charge in [-0.15, -0.1) is 0 Å². The van der Waals surface area contributed by atoms with Crippen molar-refractivity contribution >= 4 is 5.97 Å². The van der Waals surface area contributed by atoms with E-state index in [1.165, 1.54) is 0 Å². The van der Waals surface area contributed by atoms with Gasteiger partial charge in [0.1, 0.15) is 5.76 Å². The molecule has 0 amide bonds. The molecule has 0 bridgehead atoms. The van der Waals surface area contributed by atoms with Gasteiger partial charge in [0.2, 0.25) is 0 Å². The summed E-state index contributed by atoms with van der Waals surface area (Å²) >= 11 is 0. The summed E-state index contributed by atoms with van der Waals surface area (Å²) in [5.74, 6) is -0.267. The standard InChI is InChI=1S/C10H18O3/c1-4-6-9(13-7-5-2)8(3)10(11)12/h4-7H2,1-3H3,(H,11,12)/b9-8+. The molecule has 3 nitrogen and oxygen atoms in total. The third kappa shape index (κ3) is 4.55. The van der Waals surface area contributed by atoms with Gasteiger partial charge in [0, 0.05) is 6.42 Å². The van der Waals surface area contributed by atoms with Gasteiger partial charge in [0.05, 0.1) is 12.2 Å². The van der Waals surface area contributed by atoms with Crippen LogP contribution >= 0.6 is 0 Å². The molecule has 0 aliphatic heterocycles. The highest BCUT2D eigenvalue weighted by Crippen LogP contribution is 2.13. The zero-order valence-corrected chi connectivity index (χ0v) is 8.59. The molecule has 0 aromatic heterocycles. The van der Waals surface area contributed by atoms with Crippen LogP contribution in [0, 0.1) is 0 Å². The van der Waals surface area contributed by atoms with Crippen LogP contribution in [0.5, 0.6) is 0 Å². The van der Waals surface area contributed by atoms with Gasteiger partial charge >= 0.3 is 5.97 Å². The number of rotatable bonds is 6. The molecule has 76 valence electrons. The molecule has 0 saturated carbocycles. The van der Waals surface area contributed by atoms with Crippen molar-refractivity contribution in [1.82, 2.24) is 0 Å². The molecule has 0 fully saturated rings. The fraction of sp³-hybridized carbons (Fsp3) is 0.700. The van der Waals surface area contributed by atoms with Crippen LogP contribution in [0.4, 0.5) is 0 Å². The van der Waals surface area contributed by atoms with Crippen LogP contribution in [0.15, 0.2) is 11.3 Å². The molecule has 1 N–H and O–H groups in total. The monoisotopic (exact) mass is 186 g/mol. The van der Waals surface area contributed by atoms with Crippen molar-refractivity contribution in [2.75, 3.05) is 6.61 Å². The lowest BCUT2D eigenvalue weighted by atomic mass is 10.2. The highest BCUT2D eigenvalue weighted by Gasteiger charge is 2.09. The number of hydrogen-bond acceptors (Lipinski definition) is 2. The Kier molecular flexibility index (Phi) is 6.02. The van der Waals surface area contributed by atoms with E-state index in [-0.39, 0.29) is 0 Å². The Balaban J connectivity index is 4.37. The summed E-state index contributed by atoms with van der Waals surface area (Å²) in [6.45, 7) is 6.19. The summed E-state index contributed by atoms with van der Waals surface area (Å²) in [5.41, 5.74) is 0.329. The summed E-state index contributed by atoms with van der Waals surface area (Å²) < 4.78 is 5.35. The fourth-order valence-electron chi connectivity index (χ4n) is 0.940. The van der Waals surface area contributed by atoms with E-state index in [4.69, 9.17) is 9.84 Å². The van der Waals surface area contributed by atoms with Gasteiger partial charge in [0.15, 0.2) is 0 Å². The molecule has 0 radical (unpaired) electrons. The first kappa shape index (κ1) is 12.0. The fourth-order valence-corrected chi connectivity index (χ4v) is 0.940. The molecule has 0 aromatic rings. The average Bonchev–Trinajstić information content (AvgIpc) is 2.11. The Morgan fingerprint density at radius 1 is 1.31 bits per heavy atom. The molecule has 0 aromatic carbocycles. The van der Waals surface area contributed by atoms with Crippen molar-refractivity contribution < 1.29 is 14.6 Å². The van der Waals surface area contributed by atoms with E-state index in [1.807, 2.05) is 13.8 Å². The normalized spacial score (nSPS) is 12.2. The summed E-state index contributed by atoms with van der Waals surface area (Å²) in [6, 6.07) is 0. The van der Waals surface area contributed by atoms with Crippen LogP contribution in [0.2, 0.25) is 0 Å². The molecule has 0 saturated heterocycles. The molecule has 0 atom stereocenters. The SMILES string of the molecule is CCCO/C(CCC)=C(\C)C(=O)O. The number of ether oxygens (including phenoxy) is 1. The summed E-state index contributed by atoms with van der Waals surface area (Å²) in [6.07, 6.45) is 2.52. The average molecular weight is 186 g/mol. The largest absolute Gasteiger partial charge is 0.497 e. The second kappa shape index (κ2) is 6.52. The zero-order valence-electron chi connectivity index (χ0n) is 8.59. The van der Waals surface area contributed by atoms with Gasteiger partial charge in [-0.2, -0.15) is 0 Å². The number of allylic oxidation sites excluding steroid dienone is 1. The van der Waals surface area contributed by atoms with Crippen molar-refractivity contribution in [3.63, 3.8) is 0 Å². The first-order valence-electron chi connectivity index (χ1n) is 4.69. The lowest BCUT2D eigenvalue weighted by molar-refractivity contribution is -0.132. The quantitative estimate of drug-likeness (QED) is 0.512. The molecule has 0 rings (SSSR count). The molecule has 0 heterocycles. The van der Waals surface area contributed by atoms with Crippen LogP contribution in [0.1, 0.15) is 40.0 Å². The van der Waals surface area contributed by atoms with Crippen LogP contribution in [-0.4, -0.2) is 17.7 Å². The van der Waals surface area contributed by atoms with E-state index in [2.05, 4.69) is 0 Å². The second-order valence-electron chi connectivity index (χ2n) is 2.95. The van der Waals surface area contributed by atoms with Crippen molar-refractivity contribution in [1.29, 1.82) is 0 Å². The van der Waals surface area contributed by atoms with E-state index < -0.39 is 5.97 Å². The minimum Gasteiger partial charge on any atom is -0.497 e. The summed E-state index contributed by atoms with van der Waals surface area (Å²) in [4.78, 5) is 10.6. The Morgan fingerprint density at radius 2 is 1.92 bits per heavy atom. The molecule has 13 heavy (non-hydrogen) atoms. The topological polar surface area (TPSA) is 46.5 Å². The maximum absolute atomic E-state index is 10.6.